The maximum atomic E-state index is 13.1. The van der Waals surface area contributed by atoms with Gasteiger partial charge in [0.1, 0.15) is 11.6 Å². The number of carbonyl (C=O) groups excluding carboxylic acids is 1. The number of nitrogens with zero attached hydrogens (tertiary/aromatic N) is 4. The fourth-order valence-electron chi connectivity index (χ4n) is 4.34. The van der Waals surface area contributed by atoms with Crippen LogP contribution < -0.4 is 5.32 Å². The van der Waals surface area contributed by atoms with Crippen LogP contribution in [0.3, 0.4) is 0 Å². The van der Waals surface area contributed by atoms with Gasteiger partial charge in [0.05, 0.1) is 17.3 Å². The molecular formula is C25H24FN5O. The van der Waals surface area contributed by atoms with Gasteiger partial charge in [0.2, 0.25) is 0 Å². The van der Waals surface area contributed by atoms with Crippen molar-refractivity contribution in [2.75, 3.05) is 6.54 Å². The number of hydrogen-bond acceptors (Lipinski definition) is 4. The lowest BCUT2D eigenvalue weighted by atomic mass is 10.2. The summed E-state index contributed by atoms with van der Waals surface area (Å²) in [6.07, 6.45) is 5.84. The summed E-state index contributed by atoms with van der Waals surface area (Å²) in [5.41, 5.74) is 3.05. The first kappa shape index (κ1) is 20.3. The van der Waals surface area contributed by atoms with Crippen molar-refractivity contribution in [2.24, 2.45) is 0 Å². The lowest BCUT2D eigenvalue weighted by Gasteiger charge is -2.23. The molecule has 0 unspecified atom stereocenters. The minimum atomic E-state index is -0.295. The Hall–Kier alpha value is -3.58. The first-order valence-corrected chi connectivity index (χ1v) is 10.8. The number of rotatable bonds is 6. The Morgan fingerprint density at radius 3 is 2.75 bits per heavy atom. The zero-order valence-corrected chi connectivity index (χ0v) is 17.6. The Bertz CT molecular complexity index is 1220. The topological polar surface area (TPSA) is 62.5 Å². The van der Waals surface area contributed by atoms with Crippen LogP contribution in [0.25, 0.3) is 5.52 Å². The largest absolute Gasteiger partial charge is 0.347 e. The van der Waals surface area contributed by atoms with Crippen LogP contribution in [-0.2, 0) is 13.1 Å². The van der Waals surface area contributed by atoms with Gasteiger partial charge < -0.3 is 9.72 Å². The van der Waals surface area contributed by atoms with E-state index in [4.69, 9.17) is 4.98 Å². The SMILES string of the molecule is O=C(NCc1ccc(F)cc1)c1nc([C@H]2CCCN2Cc2ccccn2)n2ccccc12. The van der Waals surface area contributed by atoms with Gasteiger partial charge in [-0.2, -0.15) is 0 Å². The van der Waals surface area contributed by atoms with Crippen molar-refractivity contribution in [3.05, 3.63) is 102 Å². The van der Waals surface area contributed by atoms with E-state index in [1.807, 2.05) is 53.2 Å². The molecule has 1 amide bonds. The van der Waals surface area contributed by atoms with Gasteiger partial charge in [0.15, 0.2) is 5.69 Å². The summed E-state index contributed by atoms with van der Waals surface area (Å²) >= 11 is 0. The van der Waals surface area contributed by atoms with Crippen LogP contribution in [0.5, 0.6) is 0 Å². The standard InChI is InChI=1S/C25H24FN5O/c26-19-11-9-18(10-12-19)16-28-25(32)23-21-7-2-4-15-31(21)24(29-23)22-8-5-14-30(22)17-20-6-1-3-13-27-20/h1-4,6-7,9-13,15,22H,5,8,14,16-17H2,(H,28,32)/t22-/m1/s1. The molecule has 4 heterocycles. The highest BCUT2D eigenvalue weighted by Gasteiger charge is 2.31. The van der Waals surface area contributed by atoms with Crippen LogP contribution in [0.4, 0.5) is 4.39 Å². The molecular weight excluding hydrogens is 405 g/mol. The third-order valence-electron chi connectivity index (χ3n) is 5.91. The molecule has 32 heavy (non-hydrogen) atoms. The number of aromatic nitrogens is 3. The summed E-state index contributed by atoms with van der Waals surface area (Å²) in [6, 6.07) is 18.0. The van der Waals surface area contributed by atoms with Crippen molar-refractivity contribution in [1.29, 1.82) is 0 Å². The van der Waals surface area contributed by atoms with Crippen LogP contribution in [-0.4, -0.2) is 31.7 Å². The molecule has 1 saturated heterocycles. The molecule has 0 radical (unpaired) electrons. The van der Waals surface area contributed by atoms with Gasteiger partial charge >= 0.3 is 0 Å². The van der Waals surface area contributed by atoms with E-state index in [0.29, 0.717) is 12.2 Å². The zero-order chi connectivity index (χ0) is 21.9. The van der Waals surface area contributed by atoms with Crippen molar-refractivity contribution in [1.82, 2.24) is 24.6 Å². The molecule has 0 aliphatic carbocycles. The van der Waals surface area contributed by atoms with E-state index in [9.17, 15) is 9.18 Å². The Morgan fingerprint density at radius 1 is 1.09 bits per heavy atom. The number of carbonyl (C=O) groups is 1. The number of amides is 1. The highest BCUT2D eigenvalue weighted by atomic mass is 19.1. The molecule has 1 aliphatic rings. The van der Waals surface area contributed by atoms with E-state index < -0.39 is 0 Å². The number of hydrogen-bond donors (Lipinski definition) is 1. The van der Waals surface area contributed by atoms with E-state index in [-0.39, 0.29) is 17.8 Å². The Kier molecular flexibility index (Phi) is 5.64. The maximum Gasteiger partial charge on any atom is 0.272 e. The van der Waals surface area contributed by atoms with Crippen LogP contribution >= 0.6 is 0 Å². The first-order valence-electron chi connectivity index (χ1n) is 10.8. The van der Waals surface area contributed by atoms with Gasteiger partial charge in [-0.05, 0) is 61.3 Å². The highest BCUT2D eigenvalue weighted by molar-refractivity contribution is 5.99. The third kappa shape index (κ3) is 4.11. The Morgan fingerprint density at radius 2 is 1.94 bits per heavy atom. The summed E-state index contributed by atoms with van der Waals surface area (Å²) in [5.74, 6) is 0.344. The lowest BCUT2D eigenvalue weighted by molar-refractivity contribution is 0.0947. The number of nitrogens with one attached hydrogen (secondary N) is 1. The van der Waals surface area contributed by atoms with Crippen molar-refractivity contribution in [2.45, 2.75) is 32.0 Å². The molecule has 1 fully saturated rings. The van der Waals surface area contributed by atoms with Crippen LogP contribution in [0.15, 0.2) is 73.1 Å². The predicted molar refractivity (Wildman–Crippen MR) is 119 cm³/mol. The second-order valence-electron chi connectivity index (χ2n) is 8.03. The predicted octanol–water partition coefficient (Wildman–Crippen LogP) is 4.14. The molecule has 1 atom stereocenters. The minimum Gasteiger partial charge on any atom is -0.347 e. The molecule has 5 rings (SSSR count). The summed E-state index contributed by atoms with van der Waals surface area (Å²) in [7, 11) is 0. The van der Waals surface area contributed by atoms with Crippen molar-refractivity contribution in [3.8, 4) is 0 Å². The number of halogens is 1. The Labute approximate surface area is 185 Å². The van der Waals surface area contributed by atoms with Gasteiger partial charge in [0, 0.05) is 25.5 Å². The number of pyridine rings is 2. The van der Waals surface area contributed by atoms with Crippen LogP contribution in [0, 0.1) is 5.82 Å². The highest BCUT2D eigenvalue weighted by Crippen LogP contribution is 2.33. The van der Waals surface area contributed by atoms with E-state index in [2.05, 4.69) is 15.2 Å². The summed E-state index contributed by atoms with van der Waals surface area (Å²) in [6.45, 7) is 2.03. The fraction of sp³-hybridized carbons (Fsp3) is 0.240. The minimum absolute atomic E-state index is 0.116. The second-order valence-corrected chi connectivity index (χ2v) is 8.03. The van der Waals surface area contributed by atoms with Gasteiger partial charge in [-0.3, -0.25) is 14.7 Å². The molecule has 0 saturated carbocycles. The molecule has 1 aliphatic heterocycles. The number of benzene rings is 1. The molecule has 0 spiro atoms. The number of imidazole rings is 1. The van der Waals surface area contributed by atoms with Gasteiger partial charge in [-0.15, -0.1) is 0 Å². The van der Waals surface area contributed by atoms with E-state index in [1.54, 1.807) is 12.1 Å². The number of likely N-dealkylation sites (tertiary alicyclic amines) is 1. The molecule has 162 valence electrons. The van der Waals surface area contributed by atoms with Crippen molar-refractivity contribution >= 4 is 11.4 Å². The summed E-state index contributed by atoms with van der Waals surface area (Å²) < 4.78 is 15.2. The molecule has 3 aromatic heterocycles. The third-order valence-corrected chi connectivity index (χ3v) is 5.91. The van der Waals surface area contributed by atoms with Gasteiger partial charge in [-0.25, -0.2) is 9.37 Å². The zero-order valence-electron chi connectivity index (χ0n) is 17.6. The van der Waals surface area contributed by atoms with Crippen molar-refractivity contribution in [3.63, 3.8) is 0 Å². The molecule has 1 aromatic carbocycles. The molecule has 1 N–H and O–H groups in total. The van der Waals surface area contributed by atoms with Crippen LogP contribution in [0.1, 0.15) is 46.5 Å². The van der Waals surface area contributed by atoms with E-state index >= 15 is 0 Å². The quantitative estimate of drug-likeness (QED) is 0.501. The normalized spacial score (nSPS) is 16.5. The summed E-state index contributed by atoms with van der Waals surface area (Å²) in [4.78, 5) is 24.7. The van der Waals surface area contributed by atoms with E-state index in [1.165, 1.54) is 12.1 Å². The van der Waals surface area contributed by atoms with E-state index in [0.717, 1.165) is 48.5 Å². The summed E-state index contributed by atoms with van der Waals surface area (Å²) in [5, 5.41) is 2.92. The smallest absolute Gasteiger partial charge is 0.272 e. The van der Waals surface area contributed by atoms with Gasteiger partial charge in [-0.1, -0.05) is 24.3 Å². The molecule has 0 bridgehead atoms. The lowest BCUT2D eigenvalue weighted by Crippen LogP contribution is -2.25. The molecule has 6 nitrogen and oxygen atoms in total. The molecule has 4 aromatic rings. The van der Waals surface area contributed by atoms with Gasteiger partial charge in [0.25, 0.3) is 5.91 Å². The monoisotopic (exact) mass is 429 g/mol. The average molecular weight is 429 g/mol. The van der Waals surface area contributed by atoms with Crippen molar-refractivity contribution < 1.29 is 9.18 Å². The number of fused-ring (bicyclic) bond motifs is 1. The first-order chi connectivity index (χ1) is 15.7. The van der Waals surface area contributed by atoms with Crippen LogP contribution in [0.2, 0.25) is 0 Å². The maximum absolute atomic E-state index is 13.1. The average Bonchev–Trinajstić information content (AvgIpc) is 3.43. The fourth-order valence-corrected chi connectivity index (χ4v) is 4.34. The second kappa shape index (κ2) is 8.88. The molecule has 7 heteroatoms. The Balaban J connectivity index is 1.40.